The largest absolute Gasteiger partial charge is 0.493 e. The molecule has 1 aliphatic rings. The summed E-state index contributed by atoms with van der Waals surface area (Å²) < 4.78 is 5.60. The number of hydrogen-bond acceptors (Lipinski definition) is 3. The van der Waals surface area contributed by atoms with Gasteiger partial charge in [-0.05, 0) is 50.0 Å². The number of aryl methyl sites for hydroxylation is 1. The monoisotopic (exact) mass is 312 g/mol. The minimum atomic E-state index is 0. The average Bonchev–Trinajstić information content (AvgIpc) is 2.41. The second kappa shape index (κ2) is 8.90. The number of benzene rings is 1. The second-order valence-corrected chi connectivity index (χ2v) is 5.56. The zero-order valence-electron chi connectivity index (χ0n) is 12.7. The standard InChI is InChI=1S/C16H24N2O2.ClH/c1-12-4-3-5-14(10-12)20-9-7-16(19)18-15-6-8-17-11-13(15)2;/h3-5,10,13,15,17H,6-9,11H2,1-2H3,(H,18,19);1H. The molecular weight excluding hydrogens is 288 g/mol. The van der Waals surface area contributed by atoms with Gasteiger partial charge in [0.15, 0.2) is 0 Å². The zero-order valence-corrected chi connectivity index (χ0v) is 13.5. The molecule has 1 fully saturated rings. The van der Waals surface area contributed by atoms with E-state index in [1.165, 1.54) is 0 Å². The first kappa shape index (κ1) is 17.8. The molecule has 2 rings (SSSR count). The van der Waals surface area contributed by atoms with Crippen molar-refractivity contribution in [1.29, 1.82) is 0 Å². The Bertz CT molecular complexity index is 454. The molecule has 21 heavy (non-hydrogen) atoms. The summed E-state index contributed by atoms with van der Waals surface area (Å²) in [7, 11) is 0. The molecule has 1 aromatic rings. The van der Waals surface area contributed by atoms with Crippen molar-refractivity contribution in [3.63, 3.8) is 0 Å². The van der Waals surface area contributed by atoms with Gasteiger partial charge in [-0.15, -0.1) is 12.4 Å². The van der Waals surface area contributed by atoms with Crippen LogP contribution in [0, 0.1) is 12.8 Å². The summed E-state index contributed by atoms with van der Waals surface area (Å²) in [6, 6.07) is 8.18. The summed E-state index contributed by atoms with van der Waals surface area (Å²) in [5.74, 6) is 1.40. The SMILES string of the molecule is Cc1cccc(OCCC(=O)NC2CCNCC2C)c1.Cl. The second-order valence-electron chi connectivity index (χ2n) is 5.56. The summed E-state index contributed by atoms with van der Waals surface area (Å²) in [6.45, 7) is 6.58. The van der Waals surface area contributed by atoms with Crippen molar-refractivity contribution in [3.05, 3.63) is 29.8 Å². The molecule has 1 aliphatic heterocycles. The van der Waals surface area contributed by atoms with E-state index in [4.69, 9.17) is 4.74 Å². The van der Waals surface area contributed by atoms with E-state index in [-0.39, 0.29) is 18.3 Å². The van der Waals surface area contributed by atoms with E-state index in [1.807, 2.05) is 31.2 Å². The number of carbonyl (C=O) groups excluding carboxylic acids is 1. The molecule has 0 radical (unpaired) electrons. The van der Waals surface area contributed by atoms with E-state index in [1.54, 1.807) is 0 Å². The van der Waals surface area contributed by atoms with Crippen LogP contribution in [0.2, 0.25) is 0 Å². The lowest BCUT2D eigenvalue weighted by molar-refractivity contribution is -0.122. The molecule has 2 N–H and O–H groups in total. The Morgan fingerprint density at radius 1 is 1.48 bits per heavy atom. The Balaban J connectivity index is 0.00000220. The van der Waals surface area contributed by atoms with E-state index >= 15 is 0 Å². The van der Waals surface area contributed by atoms with Crippen molar-refractivity contribution in [3.8, 4) is 5.75 Å². The van der Waals surface area contributed by atoms with Crippen molar-refractivity contribution in [2.45, 2.75) is 32.7 Å². The minimum Gasteiger partial charge on any atom is -0.493 e. The third kappa shape index (κ3) is 5.94. The Hall–Kier alpha value is -1.26. The van der Waals surface area contributed by atoms with Crippen molar-refractivity contribution in [2.24, 2.45) is 5.92 Å². The number of carbonyl (C=O) groups is 1. The summed E-state index contributed by atoms with van der Waals surface area (Å²) in [4.78, 5) is 11.9. The third-order valence-corrected chi connectivity index (χ3v) is 3.72. The molecule has 0 spiro atoms. The number of rotatable bonds is 5. The van der Waals surface area contributed by atoms with Gasteiger partial charge >= 0.3 is 0 Å². The molecule has 0 saturated carbocycles. The third-order valence-electron chi connectivity index (χ3n) is 3.72. The topological polar surface area (TPSA) is 50.4 Å². The molecule has 4 nitrogen and oxygen atoms in total. The quantitative estimate of drug-likeness (QED) is 0.877. The highest BCUT2D eigenvalue weighted by atomic mass is 35.5. The summed E-state index contributed by atoms with van der Waals surface area (Å²) in [6.07, 6.45) is 1.41. The predicted octanol–water partition coefficient (Wildman–Crippen LogP) is 2.30. The van der Waals surface area contributed by atoms with Gasteiger partial charge in [0.25, 0.3) is 0 Å². The van der Waals surface area contributed by atoms with Gasteiger partial charge in [-0.2, -0.15) is 0 Å². The molecule has 2 atom stereocenters. The molecule has 1 aromatic carbocycles. The number of amides is 1. The van der Waals surface area contributed by atoms with Gasteiger partial charge in [-0.1, -0.05) is 19.1 Å². The maximum atomic E-state index is 11.9. The maximum absolute atomic E-state index is 11.9. The van der Waals surface area contributed by atoms with E-state index in [9.17, 15) is 4.79 Å². The van der Waals surface area contributed by atoms with Crippen LogP contribution < -0.4 is 15.4 Å². The molecule has 2 unspecified atom stereocenters. The van der Waals surface area contributed by atoms with Gasteiger partial charge in [0.1, 0.15) is 5.75 Å². The Morgan fingerprint density at radius 2 is 2.29 bits per heavy atom. The maximum Gasteiger partial charge on any atom is 0.223 e. The molecule has 0 aliphatic carbocycles. The van der Waals surface area contributed by atoms with Crippen molar-refractivity contribution in [1.82, 2.24) is 10.6 Å². The fourth-order valence-electron chi connectivity index (χ4n) is 2.47. The highest BCUT2D eigenvalue weighted by Gasteiger charge is 2.22. The number of ether oxygens (including phenoxy) is 1. The van der Waals surface area contributed by atoms with Crippen molar-refractivity contribution >= 4 is 18.3 Å². The van der Waals surface area contributed by atoms with Gasteiger partial charge in [-0.25, -0.2) is 0 Å². The first-order valence-corrected chi connectivity index (χ1v) is 7.34. The van der Waals surface area contributed by atoms with Crippen LogP contribution >= 0.6 is 12.4 Å². The Morgan fingerprint density at radius 3 is 3.00 bits per heavy atom. The normalized spacial score (nSPS) is 21.2. The first-order chi connectivity index (χ1) is 9.65. The Labute approximate surface area is 133 Å². The van der Waals surface area contributed by atoms with Crippen LogP contribution in [0.1, 0.15) is 25.3 Å². The Kier molecular flexibility index (Phi) is 7.54. The summed E-state index contributed by atoms with van der Waals surface area (Å²) in [5.41, 5.74) is 1.16. The van der Waals surface area contributed by atoms with E-state index in [2.05, 4.69) is 17.6 Å². The smallest absolute Gasteiger partial charge is 0.223 e. The van der Waals surface area contributed by atoms with Crippen LogP contribution in [0.3, 0.4) is 0 Å². The van der Waals surface area contributed by atoms with Gasteiger partial charge in [0.2, 0.25) is 5.91 Å². The molecule has 0 bridgehead atoms. The van der Waals surface area contributed by atoms with Gasteiger partial charge in [0, 0.05) is 6.04 Å². The van der Waals surface area contributed by atoms with Gasteiger partial charge in [0.05, 0.1) is 13.0 Å². The van der Waals surface area contributed by atoms with E-state index in [0.717, 1.165) is 30.8 Å². The van der Waals surface area contributed by atoms with Crippen LogP contribution in [0.5, 0.6) is 5.75 Å². The molecular formula is C16H25ClN2O2. The van der Waals surface area contributed by atoms with E-state index in [0.29, 0.717) is 25.0 Å². The lowest BCUT2D eigenvalue weighted by Crippen LogP contribution is -2.48. The number of halogens is 1. The lowest BCUT2D eigenvalue weighted by Gasteiger charge is -2.30. The average molecular weight is 313 g/mol. The van der Waals surface area contributed by atoms with Crippen molar-refractivity contribution < 1.29 is 9.53 Å². The minimum absolute atomic E-state index is 0. The van der Waals surface area contributed by atoms with Crippen LogP contribution in [-0.2, 0) is 4.79 Å². The van der Waals surface area contributed by atoms with Crippen LogP contribution in [0.15, 0.2) is 24.3 Å². The first-order valence-electron chi connectivity index (χ1n) is 7.34. The fourth-order valence-corrected chi connectivity index (χ4v) is 2.47. The predicted molar refractivity (Wildman–Crippen MR) is 87.1 cm³/mol. The zero-order chi connectivity index (χ0) is 14.4. The summed E-state index contributed by atoms with van der Waals surface area (Å²) >= 11 is 0. The summed E-state index contributed by atoms with van der Waals surface area (Å²) in [5, 5.41) is 6.44. The molecule has 0 aromatic heterocycles. The number of piperidine rings is 1. The highest BCUT2D eigenvalue weighted by Crippen LogP contribution is 2.13. The number of hydrogen-bond donors (Lipinski definition) is 2. The molecule has 1 heterocycles. The van der Waals surface area contributed by atoms with Crippen molar-refractivity contribution in [2.75, 3.05) is 19.7 Å². The van der Waals surface area contributed by atoms with Gasteiger partial charge in [-0.3, -0.25) is 4.79 Å². The highest BCUT2D eigenvalue weighted by molar-refractivity contribution is 5.85. The molecule has 1 amide bonds. The lowest BCUT2D eigenvalue weighted by atomic mass is 9.95. The van der Waals surface area contributed by atoms with Crippen LogP contribution in [0.4, 0.5) is 0 Å². The van der Waals surface area contributed by atoms with Crippen LogP contribution in [0.25, 0.3) is 0 Å². The molecule has 5 heteroatoms. The van der Waals surface area contributed by atoms with E-state index < -0.39 is 0 Å². The molecule has 1 saturated heterocycles. The van der Waals surface area contributed by atoms with Crippen LogP contribution in [-0.4, -0.2) is 31.6 Å². The molecule has 118 valence electrons. The number of nitrogens with one attached hydrogen (secondary N) is 2. The van der Waals surface area contributed by atoms with Gasteiger partial charge < -0.3 is 15.4 Å². The fraction of sp³-hybridized carbons (Fsp3) is 0.562.